The van der Waals surface area contributed by atoms with E-state index in [4.69, 9.17) is 23.8 Å². The van der Waals surface area contributed by atoms with Crippen LogP contribution in [0.1, 0.15) is 26.8 Å². The summed E-state index contributed by atoms with van der Waals surface area (Å²) in [6.07, 6.45) is 3.50. The van der Waals surface area contributed by atoms with E-state index >= 15 is 0 Å². The van der Waals surface area contributed by atoms with Crippen molar-refractivity contribution in [2.45, 2.75) is 31.5 Å². The van der Waals surface area contributed by atoms with Gasteiger partial charge in [-0.05, 0) is 25.6 Å². The van der Waals surface area contributed by atoms with Crippen molar-refractivity contribution < 1.29 is 14.4 Å². The number of hydrogen-bond acceptors (Lipinski definition) is 8. The molecule has 0 radical (unpaired) electrons. The zero-order valence-corrected chi connectivity index (χ0v) is 20.8. The first-order chi connectivity index (χ1) is 16.3. The first-order valence-corrected chi connectivity index (χ1v) is 12.3. The number of piperidine rings is 1. The van der Waals surface area contributed by atoms with Crippen molar-refractivity contribution in [3.8, 4) is 0 Å². The van der Waals surface area contributed by atoms with Crippen LogP contribution in [0.15, 0.2) is 18.3 Å². The van der Waals surface area contributed by atoms with E-state index in [1.165, 1.54) is 17.5 Å². The van der Waals surface area contributed by atoms with Crippen LogP contribution in [0.25, 0.3) is 0 Å². The number of carbonyl (C=O) groups is 3. The van der Waals surface area contributed by atoms with E-state index in [2.05, 4.69) is 30.8 Å². The zero-order valence-electron chi connectivity index (χ0n) is 18.4. The molecule has 0 aliphatic carbocycles. The van der Waals surface area contributed by atoms with Gasteiger partial charge in [0.25, 0.3) is 11.8 Å². The Labute approximate surface area is 211 Å². The molecular weight excluding hydrogens is 498 g/mol. The van der Waals surface area contributed by atoms with Crippen molar-refractivity contribution in [1.29, 1.82) is 0 Å². The van der Waals surface area contributed by atoms with Gasteiger partial charge in [-0.3, -0.25) is 14.4 Å². The lowest BCUT2D eigenvalue weighted by Gasteiger charge is -2.37. The van der Waals surface area contributed by atoms with Gasteiger partial charge in [-0.1, -0.05) is 23.8 Å². The number of nitrogens with one attached hydrogen (secondary N) is 3. The Morgan fingerprint density at radius 1 is 1.26 bits per heavy atom. The van der Waals surface area contributed by atoms with Crippen molar-refractivity contribution in [2.24, 2.45) is 0 Å². The summed E-state index contributed by atoms with van der Waals surface area (Å²) in [5.74, 6) is -0.505. The van der Waals surface area contributed by atoms with Crippen LogP contribution in [0, 0.1) is 0 Å². The van der Waals surface area contributed by atoms with Gasteiger partial charge in [0.1, 0.15) is 5.82 Å². The van der Waals surface area contributed by atoms with Crippen LogP contribution in [0.4, 0.5) is 5.82 Å². The number of pyridine rings is 1. The number of thiocarbonyl (C=S) groups is 1. The molecule has 2 unspecified atom stereocenters. The average molecular weight is 522 g/mol. The molecule has 3 amide bonds. The second-order valence-electron chi connectivity index (χ2n) is 8.24. The number of rotatable bonds is 5. The molecule has 1 fully saturated rings. The van der Waals surface area contributed by atoms with Gasteiger partial charge in [0.15, 0.2) is 10.00 Å². The summed E-state index contributed by atoms with van der Waals surface area (Å²) in [4.78, 5) is 50.3. The number of hydrogen-bond donors (Lipinski definition) is 3. The SMILES string of the molecule is CN1CCc2nc(C(=O)NC3CN(C=O)CCC3NC(=S)C(=O)Nc3ccc(Cl)cn3)sc2C1. The number of thiazole rings is 1. The first-order valence-electron chi connectivity index (χ1n) is 10.7. The molecule has 2 aliphatic rings. The quantitative estimate of drug-likeness (QED) is 0.395. The molecule has 0 spiro atoms. The van der Waals surface area contributed by atoms with Gasteiger partial charge in [-0.25, -0.2) is 9.97 Å². The third-order valence-electron chi connectivity index (χ3n) is 5.72. The molecule has 34 heavy (non-hydrogen) atoms. The lowest BCUT2D eigenvalue weighted by molar-refractivity contribution is -0.119. The number of likely N-dealkylation sites (tertiary alicyclic amines) is 1. The number of nitrogens with zero attached hydrogens (tertiary/aromatic N) is 4. The maximum atomic E-state index is 13.0. The summed E-state index contributed by atoms with van der Waals surface area (Å²) in [6, 6.07) is 2.39. The maximum Gasteiger partial charge on any atom is 0.284 e. The summed E-state index contributed by atoms with van der Waals surface area (Å²) < 4.78 is 0. The molecule has 1 saturated heterocycles. The Bertz CT molecular complexity index is 1090. The number of likely N-dealkylation sites (N-methyl/N-ethyl adjacent to an activating group) is 1. The number of amides is 3. The molecule has 4 rings (SSSR count). The Morgan fingerprint density at radius 2 is 2.09 bits per heavy atom. The minimum atomic E-state index is -0.524. The van der Waals surface area contributed by atoms with Gasteiger partial charge in [-0.15, -0.1) is 11.3 Å². The van der Waals surface area contributed by atoms with E-state index < -0.39 is 11.9 Å². The summed E-state index contributed by atoms with van der Waals surface area (Å²) in [7, 11) is 2.04. The largest absolute Gasteiger partial charge is 0.367 e. The third kappa shape index (κ3) is 5.87. The van der Waals surface area contributed by atoms with E-state index in [0.717, 1.165) is 36.5 Å². The first kappa shape index (κ1) is 24.5. The maximum absolute atomic E-state index is 13.0. The second-order valence-corrected chi connectivity index (χ2v) is 10.2. The molecule has 13 heteroatoms. The Kier molecular flexibility index (Phi) is 7.71. The monoisotopic (exact) mass is 521 g/mol. The molecule has 2 aromatic rings. The molecular formula is C21H24ClN7O3S2. The van der Waals surface area contributed by atoms with Crippen LogP contribution in [-0.2, 0) is 22.6 Å². The fraction of sp³-hybridized carbons (Fsp3) is 0.429. The molecule has 4 heterocycles. The lowest BCUT2D eigenvalue weighted by Crippen LogP contribution is -2.61. The Hall–Kier alpha value is -2.67. The predicted molar refractivity (Wildman–Crippen MR) is 133 cm³/mol. The number of aromatic nitrogens is 2. The van der Waals surface area contributed by atoms with E-state index in [9.17, 15) is 14.4 Å². The summed E-state index contributed by atoms with van der Waals surface area (Å²) >= 11 is 12.5. The van der Waals surface area contributed by atoms with Gasteiger partial charge in [0, 0.05) is 43.7 Å². The zero-order chi connectivity index (χ0) is 24.2. The minimum Gasteiger partial charge on any atom is -0.367 e. The highest BCUT2D eigenvalue weighted by atomic mass is 35.5. The number of fused-ring (bicyclic) bond motifs is 1. The van der Waals surface area contributed by atoms with Crippen molar-refractivity contribution in [1.82, 2.24) is 30.4 Å². The molecule has 0 saturated carbocycles. The van der Waals surface area contributed by atoms with Gasteiger partial charge in [0.2, 0.25) is 6.41 Å². The van der Waals surface area contributed by atoms with Crippen molar-refractivity contribution in [3.05, 3.63) is 38.9 Å². The average Bonchev–Trinajstić information content (AvgIpc) is 3.25. The van der Waals surface area contributed by atoms with Crippen LogP contribution in [0.3, 0.4) is 0 Å². The highest BCUT2D eigenvalue weighted by Gasteiger charge is 2.33. The van der Waals surface area contributed by atoms with Crippen molar-refractivity contribution in [3.63, 3.8) is 0 Å². The lowest BCUT2D eigenvalue weighted by atomic mass is 9.99. The van der Waals surface area contributed by atoms with Crippen LogP contribution in [-0.4, -0.2) is 81.7 Å². The fourth-order valence-electron chi connectivity index (χ4n) is 3.90. The third-order valence-corrected chi connectivity index (χ3v) is 7.33. The predicted octanol–water partition coefficient (Wildman–Crippen LogP) is 1.06. The van der Waals surface area contributed by atoms with Crippen LogP contribution < -0.4 is 16.0 Å². The summed E-state index contributed by atoms with van der Waals surface area (Å²) in [5, 5.41) is 9.49. The van der Waals surface area contributed by atoms with Gasteiger partial charge < -0.3 is 25.8 Å². The molecule has 180 valence electrons. The number of anilines is 1. The number of halogens is 1. The van der Waals surface area contributed by atoms with E-state index in [1.54, 1.807) is 17.0 Å². The molecule has 0 aromatic carbocycles. The van der Waals surface area contributed by atoms with E-state index in [1.807, 2.05) is 7.05 Å². The van der Waals surface area contributed by atoms with Gasteiger partial charge in [-0.2, -0.15) is 0 Å². The second kappa shape index (κ2) is 10.7. The van der Waals surface area contributed by atoms with E-state index in [0.29, 0.717) is 35.4 Å². The van der Waals surface area contributed by atoms with E-state index in [-0.39, 0.29) is 16.9 Å². The smallest absolute Gasteiger partial charge is 0.284 e. The normalized spacial score (nSPS) is 20.2. The minimum absolute atomic E-state index is 0.0340. The van der Waals surface area contributed by atoms with Crippen LogP contribution in [0.2, 0.25) is 5.02 Å². The molecule has 0 bridgehead atoms. The molecule has 3 N–H and O–H groups in total. The van der Waals surface area contributed by atoms with Gasteiger partial charge in [0.05, 0.1) is 22.8 Å². The molecule has 2 aromatic heterocycles. The molecule has 10 nitrogen and oxygen atoms in total. The highest BCUT2D eigenvalue weighted by Crippen LogP contribution is 2.24. The summed E-state index contributed by atoms with van der Waals surface area (Å²) in [5.41, 5.74) is 0.967. The van der Waals surface area contributed by atoms with Crippen molar-refractivity contribution in [2.75, 3.05) is 32.0 Å². The standard InChI is InChI=1S/C21H24ClN7O3S2/c1-28-6-4-14-16(10-28)34-21(26-14)19(32)24-15-9-29(11-30)7-5-13(15)25-20(33)18(31)27-17-3-2-12(22)8-23-17/h2-3,8,11,13,15H,4-7,9-10H2,1H3,(H,24,32)(H,25,33)(H,23,27,31). The van der Waals surface area contributed by atoms with Crippen molar-refractivity contribution >= 4 is 64.2 Å². The Morgan fingerprint density at radius 3 is 2.82 bits per heavy atom. The molecule has 2 aliphatic heterocycles. The number of carbonyl (C=O) groups excluding carboxylic acids is 3. The van der Waals surface area contributed by atoms with Crippen LogP contribution >= 0.6 is 35.2 Å². The van der Waals surface area contributed by atoms with Crippen LogP contribution in [0.5, 0.6) is 0 Å². The highest BCUT2D eigenvalue weighted by molar-refractivity contribution is 7.82. The van der Waals surface area contributed by atoms with Gasteiger partial charge >= 0.3 is 0 Å². The topological polar surface area (TPSA) is 120 Å². The Balaban J connectivity index is 1.41. The fourth-order valence-corrected chi connectivity index (χ4v) is 5.30. The molecule has 2 atom stereocenters. The summed E-state index contributed by atoms with van der Waals surface area (Å²) in [6.45, 7) is 2.46.